The summed E-state index contributed by atoms with van der Waals surface area (Å²) >= 11 is 0. The van der Waals surface area contributed by atoms with Crippen molar-refractivity contribution in [2.45, 2.75) is 0 Å². The maximum atomic E-state index is 2.40. The minimum Gasteiger partial charge on any atom is -0.0622 e. The summed E-state index contributed by atoms with van der Waals surface area (Å²) in [6, 6.07) is 101. The number of benzene rings is 15. The van der Waals surface area contributed by atoms with Crippen molar-refractivity contribution in [3.8, 4) is 66.8 Å². The van der Waals surface area contributed by atoms with Gasteiger partial charge in [-0.15, -0.1) is 0 Å². The van der Waals surface area contributed by atoms with Crippen LogP contribution in [0.25, 0.3) is 153 Å². The Morgan fingerprint density at radius 2 is 0.500 bits per heavy atom. The third kappa shape index (κ3) is 6.48. The van der Waals surface area contributed by atoms with E-state index in [2.05, 4.69) is 279 Å². The Morgan fingerprint density at radius 1 is 0.149 bits per heavy atom. The molecular weight excluding hydrogens is 889 g/mol. The molecule has 0 nitrogen and oxygen atoms in total. The Morgan fingerprint density at radius 3 is 1.01 bits per heavy atom. The lowest BCUT2D eigenvalue weighted by Crippen LogP contribution is -1.93. The van der Waals surface area contributed by atoms with E-state index in [0.29, 0.717) is 0 Å². The zero-order valence-corrected chi connectivity index (χ0v) is 40.6. The SMILES string of the molecule is c1ccc(-c2c3c(c(-c4ccccc4)c4ccccc24)-c2cccc4cccc-3c24)cc1.c1ccc2c(c1)-c1cccc3c1c-2cc1c2ccccc2ccc31.c1ccc2c(c1)ccc1c3ccccc3ccc21. The standard InChI is InChI=1S/C32H20.C24H14.C18H12/c1-3-11-22(12-4-1)29-24-17-7-8-18-25(24)30(23-13-5-2-6-14-23)32-27-20-10-16-21-15-9-19-26(28(21)27)31(29)32;1-2-7-16-15(6-1)12-13-19-21-11-5-10-20-17-8-3-4-9-18(17)23(24(20)21)14-22(16)19;1-3-7-15-13(5-1)9-11-18-16-8-4-2-6-14(16)10-12-17(15)18/h1-20H;1-14H;1-12H. The minimum absolute atomic E-state index is 1.27. The van der Waals surface area contributed by atoms with Gasteiger partial charge in [-0.1, -0.05) is 273 Å². The second-order valence-corrected chi connectivity index (χ2v) is 19.7. The van der Waals surface area contributed by atoms with Gasteiger partial charge in [0.2, 0.25) is 0 Å². The predicted molar refractivity (Wildman–Crippen MR) is 319 cm³/mol. The van der Waals surface area contributed by atoms with Crippen LogP contribution in [0.5, 0.6) is 0 Å². The summed E-state index contributed by atoms with van der Waals surface area (Å²) in [5.74, 6) is 0. The molecule has 0 heteroatoms. The Labute approximate surface area is 429 Å². The van der Waals surface area contributed by atoms with Crippen LogP contribution < -0.4 is 0 Å². The van der Waals surface area contributed by atoms with E-state index in [9.17, 15) is 0 Å². The van der Waals surface area contributed by atoms with Crippen LogP contribution in [0, 0.1) is 0 Å². The van der Waals surface area contributed by atoms with Gasteiger partial charge in [-0.2, -0.15) is 0 Å². The average Bonchev–Trinajstić information content (AvgIpc) is 4.01. The molecule has 74 heavy (non-hydrogen) atoms. The highest BCUT2D eigenvalue weighted by molar-refractivity contribution is 6.29. The van der Waals surface area contributed by atoms with Crippen molar-refractivity contribution in [2.24, 2.45) is 0 Å². The van der Waals surface area contributed by atoms with E-state index in [1.165, 1.54) is 153 Å². The number of rotatable bonds is 2. The summed E-state index contributed by atoms with van der Waals surface area (Å²) in [7, 11) is 0. The lowest BCUT2D eigenvalue weighted by molar-refractivity contribution is 1.62. The zero-order chi connectivity index (χ0) is 48.7. The van der Waals surface area contributed by atoms with Gasteiger partial charge in [0.25, 0.3) is 0 Å². The molecule has 0 fully saturated rings. The van der Waals surface area contributed by atoms with E-state index in [1.807, 2.05) is 0 Å². The molecule has 0 saturated heterocycles. The van der Waals surface area contributed by atoms with Crippen LogP contribution in [-0.4, -0.2) is 0 Å². The normalized spacial score (nSPS) is 11.8. The van der Waals surface area contributed by atoms with Crippen molar-refractivity contribution in [1.82, 2.24) is 0 Å². The van der Waals surface area contributed by atoms with E-state index in [0.717, 1.165) is 0 Å². The summed E-state index contributed by atoms with van der Waals surface area (Å²) in [5.41, 5.74) is 16.1. The van der Waals surface area contributed by atoms with Crippen LogP contribution in [0.15, 0.2) is 279 Å². The van der Waals surface area contributed by atoms with E-state index < -0.39 is 0 Å². The van der Waals surface area contributed by atoms with E-state index in [4.69, 9.17) is 0 Å². The molecule has 2 aliphatic carbocycles. The van der Waals surface area contributed by atoms with E-state index in [1.54, 1.807) is 0 Å². The maximum Gasteiger partial charge on any atom is -0.000742 e. The molecule has 17 rings (SSSR count). The molecular formula is C74H46. The Balaban J connectivity index is 0.000000102. The number of hydrogen-bond acceptors (Lipinski definition) is 0. The van der Waals surface area contributed by atoms with Crippen LogP contribution in [-0.2, 0) is 0 Å². The van der Waals surface area contributed by atoms with Crippen LogP contribution >= 0.6 is 0 Å². The van der Waals surface area contributed by atoms with Crippen LogP contribution in [0.4, 0.5) is 0 Å². The fraction of sp³-hybridized carbons (Fsp3) is 0. The van der Waals surface area contributed by atoms with Crippen LogP contribution in [0.2, 0.25) is 0 Å². The maximum absolute atomic E-state index is 2.40. The molecule has 0 saturated carbocycles. The molecule has 0 spiro atoms. The van der Waals surface area contributed by atoms with Gasteiger partial charge < -0.3 is 0 Å². The Kier molecular flexibility index (Phi) is 9.68. The highest BCUT2D eigenvalue weighted by Crippen LogP contribution is 2.57. The van der Waals surface area contributed by atoms with Crippen molar-refractivity contribution >= 4 is 86.2 Å². The average molecular weight is 935 g/mol. The fourth-order valence-electron chi connectivity index (χ4n) is 12.7. The first kappa shape index (κ1) is 42.1. The molecule has 0 heterocycles. The molecule has 15 aromatic rings. The first-order valence-corrected chi connectivity index (χ1v) is 25.7. The van der Waals surface area contributed by atoms with E-state index in [-0.39, 0.29) is 0 Å². The zero-order valence-electron chi connectivity index (χ0n) is 40.6. The monoisotopic (exact) mass is 934 g/mol. The molecule has 342 valence electrons. The van der Waals surface area contributed by atoms with Gasteiger partial charge >= 0.3 is 0 Å². The molecule has 0 bridgehead atoms. The topological polar surface area (TPSA) is 0 Å². The Bertz CT molecular complexity index is 4560. The molecule has 0 radical (unpaired) electrons. The molecule has 0 amide bonds. The molecule has 0 atom stereocenters. The van der Waals surface area contributed by atoms with Gasteiger partial charge in [-0.3, -0.25) is 0 Å². The van der Waals surface area contributed by atoms with Crippen LogP contribution in [0.3, 0.4) is 0 Å². The van der Waals surface area contributed by atoms with Crippen molar-refractivity contribution in [1.29, 1.82) is 0 Å². The summed E-state index contributed by atoms with van der Waals surface area (Å²) in [6.07, 6.45) is 0. The van der Waals surface area contributed by atoms with E-state index >= 15 is 0 Å². The molecule has 2 aliphatic rings. The first-order chi connectivity index (χ1) is 36.8. The van der Waals surface area contributed by atoms with Crippen LogP contribution in [0.1, 0.15) is 0 Å². The number of hydrogen-bond donors (Lipinski definition) is 0. The molecule has 0 aliphatic heterocycles. The lowest BCUT2D eigenvalue weighted by Gasteiger charge is -2.20. The van der Waals surface area contributed by atoms with Crippen molar-refractivity contribution < 1.29 is 0 Å². The van der Waals surface area contributed by atoms with Gasteiger partial charge in [0.05, 0.1) is 0 Å². The molecule has 0 aromatic heterocycles. The molecule has 0 N–H and O–H groups in total. The number of fused-ring (bicyclic) bond motifs is 16. The quantitative estimate of drug-likeness (QED) is 0.152. The minimum atomic E-state index is 1.27. The molecule has 0 unspecified atom stereocenters. The highest BCUT2D eigenvalue weighted by atomic mass is 14.3. The second kappa shape index (κ2) is 17.0. The van der Waals surface area contributed by atoms with Gasteiger partial charge in [0.1, 0.15) is 0 Å². The highest BCUT2D eigenvalue weighted by Gasteiger charge is 2.30. The Hall–Kier alpha value is -9.62. The molecule has 15 aromatic carbocycles. The smallest absolute Gasteiger partial charge is 0.000742 e. The van der Waals surface area contributed by atoms with Gasteiger partial charge in [0.15, 0.2) is 0 Å². The van der Waals surface area contributed by atoms with Crippen molar-refractivity contribution in [2.75, 3.05) is 0 Å². The summed E-state index contributed by atoms with van der Waals surface area (Å²) in [4.78, 5) is 0. The first-order valence-electron chi connectivity index (χ1n) is 25.7. The predicted octanol–water partition coefficient (Wildman–Crippen LogP) is 20.9. The third-order valence-electron chi connectivity index (χ3n) is 15.8. The van der Waals surface area contributed by atoms with Crippen molar-refractivity contribution in [3.63, 3.8) is 0 Å². The van der Waals surface area contributed by atoms with Gasteiger partial charge in [-0.05, 0) is 159 Å². The summed E-state index contributed by atoms with van der Waals surface area (Å²) in [5, 5.41) is 21.4. The van der Waals surface area contributed by atoms with Gasteiger partial charge in [0, 0.05) is 0 Å². The van der Waals surface area contributed by atoms with Crippen molar-refractivity contribution in [3.05, 3.63) is 279 Å². The second-order valence-electron chi connectivity index (χ2n) is 19.7. The third-order valence-corrected chi connectivity index (χ3v) is 15.8. The lowest BCUT2D eigenvalue weighted by atomic mass is 9.82. The van der Waals surface area contributed by atoms with Gasteiger partial charge in [-0.25, -0.2) is 0 Å². The largest absolute Gasteiger partial charge is 0.0622 e. The summed E-state index contributed by atoms with van der Waals surface area (Å²) in [6.45, 7) is 0. The fourth-order valence-corrected chi connectivity index (χ4v) is 12.7. The summed E-state index contributed by atoms with van der Waals surface area (Å²) < 4.78 is 0.